The SMILES string of the molecule is O=c1[nH]c(=O)n(COCc2ccccc2)c(COCc2ccccc2)c1Cl. The van der Waals surface area contributed by atoms with Crippen molar-refractivity contribution in [3.63, 3.8) is 0 Å². The van der Waals surface area contributed by atoms with E-state index in [-0.39, 0.29) is 24.1 Å². The Morgan fingerprint density at radius 3 is 1.96 bits per heavy atom. The van der Waals surface area contributed by atoms with E-state index in [0.29, 0.717) is 13.2 Å². The average Bonchev–Trinajstić information content (AvgIpc) is 2.69. The summed E-state index contributed by atoms with van der Waals surface area (Å²) in [4.78, 5) is 26.2. The van der Waals surface area contributed by atoms with Crippen molar-refractivity contribution in [3.05, 3.63) is 103 Å². The van der Waals surface area contributed by atoms with Crippen LogP contribution in [-0.2, 0) is 36.0 Å². The highest BCUT2D eigenvalue weighted by Gasteiger charge is 2.14. The quantitative estimate of drug-likeness (QED) is 0.645. The zero-order chi connectivity index (χ0) is 19.1. The summed E-state index contributed by atoms with van der Waals surface area (Å²) >= 11 is 6.11. The standard InChI is InChI=1S/C20H19ClN2O4/c21-18-17(13-26-11-15-7-3-1-4-8-15)23(20(25)22-19(18)24)14-27-12-16-9-5-2-6-10-16/h1-10H,11-14H2,(H,22,24,25). The van der Waals surface area contributed by atoms with Crippen LogP contribution in [0.2, 0.25) is 5.02 Å². The fourth-order valence-corrected chi connectivity index (χ4v) is 2.74. The zero-order valence-corrected chi connectivity index (χ0v) is 15.3. The monoisotopic (exact) mass is 386 g/mol. The molecular weight excluding hydrogens is 368 g/mol. The largest absolute Gasteiger partial charge is 0.370 e. The molecular formula is C20H19ClN2O4. The van der Waals surface area contributed by atoms with Crippen molar-refractivity contribution in [2.75, 3.05) is 0 Å². The minimum absolute atomic E-state index is 0.0155. The van der Waals surface area contributed by atoms with Gasteiger partial charge in [0.25, 0.3) is 5.56 Å². The molecule has 0 bridgehead atoms. The van der Waals surface area contributed by atoms with Gasteiger partial charge in [-0.1, -0.05) is 72.3 Å². The summed E-state index contributed by atoms with van der Waals surface area (Å²) < 4.78 is 12.5. The van der Waals surface area contributed by atoms with Crippen molar-refractivity contribution >= 4 is 11.6 Å². The van der Waals surface area contributed by atoms with Crippen LogP contribution in [0.25, 0.3) is 0 Å². The second-order valence-electron chi connectivity index (χ2n) is 5.89. The van der Waals surface area contributed by atoms with Gasteiger partial charge in [0.1, 0.15) is 11.8 Å². The molecule has 1 heterocycles. The van der Waals surface area contributed by atoms with Gasteiger partial charge < -0.3 is 9.47 Å². The summed E-state index contributed by atoms with van der Waals surface area (Å²) in [5.74, 6) is 0. The van der Waals surface area contributed by atoms with Crippen molar-refractivity contribution in [2.24, 2.45) is 0 Å². The second kappa shape index (κ2) is 9.32. The predicted molar refractivity (Wildman–Crippen MR) is 102 cm³/mol. The third kappa shape index (κ3) is 5.17. The van der Waals surface area contributed by atoms with E-state index in [9.17, 15) is 9.59 Å². The van der Waals surface area contributed by atoms with Crippen LogP contribution in [0.4, 0.5) is 0 Å². The summed E-state index contributed by atoms with van der Waals surface area (Å²) in [6.45, 7) is 0.632. The fourth-order valence-electron chi connectivity index (χ4n) is 2.54. The van der Waals surface area contributed by atoms with E-state index < -0.39 is 11.2 Å². The molecule has 7 heteroatoms. The summed E-state index contributed by atoms with van der Waals surface area (Å²) in [6, 6.07) is 19.2. The molecule has 3 rings (SSSR count). The molecule has 1 N–H and O–H groups in total. The van der Waals surface area contributed by atoms with Crippen LogP contribution in [0, 0.1) is 0 Å². The van der Waals surface area contributed by atoms with Crippen LogP contribution >= 0.6 is 11.6 Å². The molecule has 0 radical (unpaired) electrons. The highest BCUT2D eigenvalue weighted by Crippen LogP contribution is 2.12. The Kier molecular flexibility index (Phi) is 6.59. The molecule has 0 aliphatic carbocycles. The smallest absolute Gasteiger partial charge is 0.330 e. The lowest BCUT2D eigenvalue weighted by molar-refractivity contribution is 0.0485. The Labute approximate surface area is 161 Å². The fraction of sp³-hybridized carbons (Fsp3) is 0.200. The first-order valence-corrected chi connectivity index (χ1v) is 8.78. The van der Waals surface area contributed by atoms with Gasteiger partial charge in [0, 0.05) is 0 Å². The van der Waals surface area contributed by atoms with E-state index in [2.05, 4.69) is 4.98 Å². The summed E-state index contributed by atoms with van der Waals surface area (Å²) in [5.41, 5.74) is 1.01. The Bertz CT molecular complexity index is 984. The van der Waals surface area contributed by atoms with Gasteiger partial charge in [0.15, 0.2) is 0 Å². The topological polar surface area (TPSA) is 73.3 Å². The third-order valence-electron chi connectivity index (χ3n) is 3.93. The van der Waals surface area contributed by atoms with Gasteiger partial charge in [0.05, 0.1) is 25.5 Å². The van der Waals surface area contributed by atoms with Crippen molar-refractivity contribution in [3.8, 4) is 0 Å². The summed E-state index contributed by atoms with van der Waals surface area (Å²) in [6.07, 6.45) is 0. The summed E-state index contributed by atoms with van der Waals surface area (Å²) in [7, 11) is 0. The van der Waals surface area contributed by atoms with E-state index in [4.69, 9.17) is 21.1 Å². The van der Waals surface area contributed by atoms with Gasteiger partial charge in [-0.2, -0.15) is 0 Å². The maximum absolute atomic E-state index is 12.2. The number of hydrogen-bond acceptors (Lipinski definition) is 4. The maximum Gasteiger partial charge on any atom is 0.330 e. The number of aromatic amines is 1. The molecule has 0 aliphatic rings. The van der Waals surface area contributed by atoms with E-state index in [0.717, 1.165) is 11.1 Å². The highest BCUT2D eigenvalue weighted by molar-refractivity contribution is 6.31. The second-order valence-corrected chi connectivity index (χ2v) is 6.27. The molecule has 0 amide bonds. The van der Waals surface area contributed by atoms with E-state index in [1.807, 2.05) is 60.7 Å². The lowest BCUT2D eigenvalue weighted by Crippen LogP contribution is -2.34. The number of H-pyrrole nitrogens is 1. The molecule has 0 atom stereocenters. The van der Waals surface area contributed by atoms with Gasteiger partial charge in [0.2, 0.25) is 0 Å². The molecule has 140 valence electrons. The number of ether oxygens (including phenoxy) is 2. The molecule has 2 aromatic carbocycles. The van der Waals surface area contributed by atoms with E-state index in [1.165, 1.54) is 4.57 Å². The van der Waals surface area contributed by atoms with Crippen molar-refractivity contribution < 1.29 is 9.47 Å². The predicted octanol–water partition coefficient (Wildman–Crippen LogP) is 3.08. The zero-order valence-electron chi connectivity index (χ0n) is 14.6. The van der Waals surface area contributed by atoms with Gasteiger partial charge >= 0.3 is 5.69 Å². The van der Waals surface area contributed by atoms with Crippen LogP contribution in [-0.4, -0.2) is 9.55 Å². The minimum Gasteiger partial charge on any atom is -0.370 e. The Balaban J connectivity index is 1.71. The number of hydrogen-bond donors (Lipinski definition) is 1. The number of aromatic nitrogens is 2. The first-order chi connectivity index (χ1) is 13.1. The first kappa shape index (κ1) is 19.1. The van der Waals surface area contributed by atoms with Crippen LogP contribution in [0.15, 0.2) is 70.3 Å². The van der Waals surface area contributed by atoms with E-state index in [1.54, 1.807) is 0 Å². The molecule has 0 unspecified atom stereocenters. The molecule has 0 fully saturated rings. The molecule has 1 aromatic heterocycles. The molecule has 27 heavy (non-hydrogen) atoms. The van der Waals surface area contributed by atoms with Crippen molar-refractivity contribution in [2.45, 2.75) is 26.6 Å². The van der Waals surface area contributed by atoms with E-state index >= 15 is 0 Å². The molecule has 0 saturated carbocycles. The Hall–Kier alpha value is -2.67. The van der Waals surface area contributed by atoms with Gasteiger partial charge in [-0.25, -0.2) is 4.79 Å². The number of nitrogens with one attached hydrogen (secondary N) is 1. The molecule has 3 aromatic rings. The lowest BCUT2D eigenvalue weighted by Gasteiger charge is -2.14. The van der Waals surface area contributed by atoms with Crippen molar-refractivity contribution in [1.82, 2.24) is 9.55 Å². The number of halogens is 1. The molecule has 0 aliphatic heterocycles. The first-order valence-electron chi connectivity index (χ1n) is 8.40. The molecule has 0 saturated heterocycles. The van der Waals surface area contributed by atoms with Crippen LogP contribution in [0.3, 0.4) is 0 Å². The van der Waals surface area contributed by atoms with Crippen LogP contribution in [0.5, 0.6) is 0 Å². The van der Waals surface area contributed by atoms with Gasteiger partial charge in [-0.05, 0) is 11.1 Å². The highest BCUT2D eigenvalue weighted by atomic mass is 35.5. The summed E-state index contributed by atoms with van der Waals surface area (Å²) in [5, 5.41) is -0.0778. The van der Waals surface area contributed by atoms with Crippen LogP contribution in [0.1, 0.15) is 16.8 Å². The van der Waals surface area contributed by atoms with Crippen LogP contribution < -0.4 is 11.2 Å². The molecule has 0 spiro atoms. The maximum atomic E-state index is 12.2. The number of nitrogens with zero attached hydrogens (tertiary/aromatic N) is 1. The Morgan fingerprint density at radius 1 is 0.815 bits per heavy atom. The molecule has 6 nitrogen and oxygen atoms in total. The lowest BCUT2D eigenvalue weighted by atomic mass is 10.2. The minimum atomic E-state index is -0.640. The third-order valence-corrected chi connectivity index (χ3v) is 4.32. The number of benzene rings is 2. The average molecular weight is 387 g/mol. The van der Waals surface area contributed by atoms with Gasteiger partial charge in [-0.15, -0.1) is 0 Å². The number of rotatable bonds is 8. The Morgan fingerprint density at radius 2 is 1.37 bits per heavy atom. The normalized spacial score (nSPS) is 10.9. The van der Waals surface area contributed by atoms with Gasteiger partial charge in [-0.3, -0.25) is 14.3 Å². The van der Waals surface area contributed by atoms with Crippen molar-refractivity contribution in [1.29, 1.82) is 0 Å².